The highest BCUT2D eigenvalue weighted by atomic mass is 32.2. The summed E-state index contributed by atoms with van der Waals surface area (Å²) in [5.41, 5.74) is 1.07. The molecule has 3 aromatic rings. The number of hydrogen-bond donors (Lipinski definition) is 1. The topological polar surface area (TPSA) is 111 Å². The maximum absolute atomic E-state index is 12.1. The van der Waals surface area contributed by atoms with Gasteiger partial charge in [-0.05, 0) is 23.9 Å². The molecule has 1 amide bonds. The van der Waals surface area contributed by atoms with E-state index < -0.39 is 4.92 Å². The second-order valence-electron chi connectivity index (χ2n) is 4.94. The van der Waals surface area contributed by atoms with Crippen LogP contribution in [0.3, 0.4) is 0 Å². The first-order valence-electron chi connectivity index (χ1n) is 7.08. The predicted molar refractivity (Wildman–Crippen MR) is 94.8 cm³/mol. The number of nitro benzene ring substituents is 1. The van der Waals surface area contributed by atoms with Gasteiger partial charge >= 0.3 is 0 Å². The number of nitrogens with one attached hydrogen (secondary N) is 1. The highest BCUT2D eigenvalue weighted by molar-refractivity contribution is 7.99. The molecule has 0 spiro atoms. The molecule has 0 saturated heterocycles. The van der Waals surface area contributed by atoms with Crippen molar-refractivity contribution >= 4 is 40.4 Å². The third kappa shape index (κ3) is 4.22. The number of thioether (sulfide) groups is 1. The molecule has 0 aliphatic carbocycles. The first-order chi connectivity index (χ1) is 12.0. The first-order valence-corrected chi connectivity index (χ1v) is 8.94. The van der Waals surface area contributed by atoms with Crippen molar-refractivity contribution in [2.45, 2.75) is 12.1 Å². The Morgan fingerprint density at radius 3 is 2.96 bits per heavy atom. The lowest BCUT2D eigenvalue weighted by atomic mass is 10.2. The molecule has 0 aliphatic rings. The lowest BCUT2D eigenvalue weighted by Crippen LogP contribution is -2.15. The average molecular weight is 376 g/mol. The molecular weight excluding hydrogens is 364 g/mol. The van der Waals surface area contributed by atoms with E-state index in [2.05, 4.69) is 15.5 Å². The number of non-ortho nitro benzene ring substituents is 1. The molecular formula is C15H12N4O4S2. The first kappa shape index (κ1) is 17.1. The Labute approximate surface area is 150 Å². The van der Waals surface area contributed by atoms with Gasteiger partial charge in [-0.25, -0.2) is 0 Å². The van der Waals surface area contributed by atoms with Gasteiger partial charge < -0.3 is 9.73 Å². The summed E-state index contributed by atoms with van der Waals surface area (Å²) >= 11 is 2.58. The van der Waals surface area contributed by atoms with E-state index in [0.29, 0.717) is 11.6 Å². The second-order valence-corrected chi connectivity index (χ2v) is 6.82. The maximum Gasteiger partial charge on any atom is 0.277 e. The summed E-state index contributed by atoms with van der Waals surface area (Å²) in [6.45, 7) is 1.76. The van der Waals surface area contributed by atoms with Crippen LogP contribution in [0.4, 0.5) is 11.4 Å². The van der Waals surface area contributed by atoms with Gasteiger partial charge in [-0.1, -0.05) is 23.9 Å². The van der Waals surface area contributed by atoms with E-state index in [1.54, 1.807) is 13.0 Å². The lowest BCUT2D eigenvalue weighted by molar-refractivity contribution is -0.384. The van der Waals surface area contributed by atoms with Gasteiger partial charge in [0.25, 0.3) is 16.8 Å². The molecule has 0 saturated carbocycles. The summed E-state index contributed by atoms with van der Waals surface area (Å²) in [6.07, 6.45) is 0. The number of aryl methyl sites for hydroxylation is 1. The molecule has 8 nitrogen and oxygen atoms in total. The minimum Gasteiger partial charge on any atom is -0.410 e. The number of amides is 1. The van der Waals surface area contributed by atoms with Crippen LogP contribution in [0.25, 0.3) is 10.8 Å². The summed E-state index contributed by atoms with van der Waals surface area (Å²) in [4.78, 5) is 23.2. The van der Waals surface area contributed by atoms with Crippen LogP contribution in [0.5, 0.6) is 0 Å². The summed E-state index contributed by atoms with van der Waals surface area (Å²) < 4.78 is 5.48. The van der Waals surface area contributed by atoms with Gasteiger partial charge in [-0.2, -0.15) is 0 Å². The third-order valence-corrected chi connectivity index (χ3v) is 4.85. The number of thiophene rings is 1. The highest BCUT2D eigenvalue weighted by Gasteiger charge is 2.14. The number of hydrogen-bond acceptors (Lipinski definition) is 8. The summed E-state index contributed by atoms with van der Waals surface area (Å²) in [7, 11) is 0. The molecule has 25 heavy (non-hydrogen) atoms. The van der Waals surface area contributed by atoms with Crippen molar-refractivity contribution in [3.8, 4) is 10.8 Å². The quantitative estimate of drug-likeness (QED) is 0.396. The van der Waals surface area contributed by atoms with E-state index >= 15 is 0 Å². The minimum absolute atomic E-state index is 0.0498. The molecule has 128 valence electrons. The smallest absolute Gasteiger partial charge is 0.277 e. The number of benzene rings is 1. The molecule has 2 aromatic heterocycles. The Kier molecular flexibility index (Phi) is 5.10. The van der Waals surface area contributed by atoms with Crippen LogP contribution in [0.15, 0.2) is 45.4 Å². The van der Waals surface area contributed by atoms with Gasteiger partial charge in [0.05, 0.1) is 21.2 Å². The van der Waals surface area contributed by atoms with Crippen molar-refractivity contribution in [1.29, 1.82) is 0 Å². The molecule has 0 radical (unpaired) electrons. The Morgan fingerprint density at radius 1 is 1.40 bits per heavy atom. The fourth-order valence-corrected chi connectivity index (χ4v) is 3.15. The zero-order chi connectivity index (χ0) is 17.8. The summed E-state index contributed by atoms with van der Waals surface area (Å²) in [5, 5.41) is 23.5. The number of carbonyl (C=O) groups is 1. The maximum atomic E-state index is 12.1. The lowest BCUT2D eigenvalue weighted by Gasteiger charge is -2.07. The minimum atomic E-state index is -0.506. The Balaban J connectivity index is 1.60. The van der Waals surface area contributed by atoms with Crippen molar-refractivity contribution < 1.29 is 14.1 Å². The molecule has 1 N–H and O–H groups in total. The van der Waals surface area contributed by atoms with Gasteiger partial charge in [0.1, 0.15) is 0 Å². The molecule has 1 aromatic carbocycles. The van der Waals surface area contributed by atoms with E-state index in [0.717, 1.165) is 22.2 Å². The van der Waals surface area contributed by atoms with E-state index in [-0.39, 0.29) is 22.6 Å². The standard InChI is InChI=1S/C15H12N4O4S2/c1-9-4-5-10(19(21)22)7-11(9)16-13(20)8-25-15-18-17-14(23-15)12-3-2-6-24-12/h2-7H,8H2,1H3,(H,16,20). The highest BCUT2D eigenvalue weighted by Crippen LogP contribution is 2.27. The fraction of sp³-hybridized carbons (Fsp3) is 0.133. The van der Waals surface area contributed by atoms with E-state index in [1.165, 1.54) is 23.5 Å². The normalized spacial score (nSPS) is 10.6. The van der Waals surface area contributed by atoms with E-state index in [1.807, 2.05) is 17.5 Å². The Hall–Kier alpha value is -2.72. The van der Waals surface area contributed by atoms with Crippen molar-refractivity contribution in [1.82, 2.24) is 10.2 Å². The summed E-state index contributed by atoms with van der Waals surface area (Å²) in [6, 6.07) is 8.06. The predicted octanol–water partition coefficient (Wildman–Crippen LogP) is 3.75. The number of carbonyl (C=O) groups excluding carboxylic acids is 1. The number of nitro groups is 1. The van der Waals surface area contributed by atoms with Gasteiger partial charge in [0.2, 0.25) is 5.91 Å². The molecule has 0 fully saturated rings. The van der Waals surface area contributed by atoms with Gasteiger partial charge in [-0.15, -0.1) is 21.5 Å². The molecule has 0 bridgehead atoms. The molecule has 0 aliphatic heterocycles. The van der Waals surface area contributed by atoms with Crippen LogP contribution in [-0.4, -0.2) is 26.8 Å². The fourth-order valence-electron chi connectivity index (χ4n) is 1.94. The Morgan fingerprint density at radius 2 is 2.24 bits per heavy atom. The molecule has 10 heteroatoms. The van der Waals surface area contributed by atoms with Crippen molar-refractivity contribution in [2.75, 3.05) is 11.1 Å². The second kappa shape index (κ2) is 7.45. The van der Waals surface area contributed by atoms with Crippen LogP contribution >= 0.6 is 23.1 Å². The molecule has 3 rings (SSSR count). The zero-order valence-electron chi connectivity index (χ0n) is 13.0. The molecule has 0 unspecified atom stereocenters. The van der Waals surface area contributed by atoms with Gasteiger partial charge in [0.15, 0.2) is 0 Å². The van der Waals surface area contributed by atoms with E-state index in [4.69, 9.17) is 4.42 Å². The average Bonchev–Trinajstić information content (AvgIpc) is 3.26. The van der Waals surface area contributed by atoms with Crippen LogP contribution < -0.4 is 5.32 Å². The van der Waals surface area contributed by atoms with Crippen molar-refractivity contribution in [2.24, 2.45) is 0 Å². The Bertz CT molecular complexity index is 908. The SMILES string of the molecule is Cc1ccc([N+](=O)[O-])cc1NC(=O)CSc1nnc(-c2cccs2)o1. The molecule has 2 heterocycles. The zero-order valence-corrected chi connectivity index (χ0v) is 14.6. The van der Waals surface area contributed by atoms with Crippen LogP contribution in [0.2, 0.25) is 0 Å². The van der Waals surface area contributed by atoms with Crippen molar-refractivity contribution in [3.63, 3.8) is 0 Å². The third-order valence-electron chi connectivity index (χ3n) is 3.17. The van der Waals surface area contributed by atoms with Gasteiger partial charge in [0, 0.05) is 12.1 Å². The van der Waals surface area contributed by atoms with Crippen LogP contribution in [0.1, 0.15) is 5.56 Å². The molecule has 0 atom stereocenters. The monoisotopic (exact) mass is 376 g/mol. The van der Waals surface area contributed by atoms with E-state index in [9.17, 15) is 14.9 Å². The number of nitrogens with zero attached hydrogens (tertiary/aromatic N) is 3. The van der Waals surface area contributed by atoms with Crippen LogP contribution in [0, 0.1) is 17.0 Å². The number of rotatable bonds is 6. The number of aromatic nitrogens is 2. The summed E-state index contributed by atoms with van der Waals surface area (Å²) in [5.74, 6) is 0.144. The van der Waals surface area contributed by atoms with Crippen molar-refractivity contribution in [3.05, 3.63) is 51.4 Å². The van der Waals surface area contributed by atoms with Crippen LogP contribution in [-0.2, 0) is 4.79 Å². The van der Waals surface area contributed by atoms with Gasteiger partial charge in [-0.3, -0.25) is 14.9 Å². The largest absolute Gasteiger partial charge is 0.410 e. The number of anilines is 1.